The second-order valence-electron chi connectivity index (χ2n) is 4.39. The number of aliphatic hydroxyl groups excluding tert-OH is 1. The van der Waals surface area contributed by atoms with Gasteiger partial charge < -0.3 is 15.2 Å². The number of methoxy groups -OCH3 is 1. The normalized spacial score (nSPS) is 11.6. The van der Waals surface area contributed by atoms with E-state index in [9.17, 15) is 4.79 Å². The van der Waals surface area contributed by atoms with Crippen LogP contribution in [0.3, 0.4) is 0 Å². The van der Waals surface area contributed by atoms with Crippen molar-refractivity contribution in [1.82, 2.24) is 5.32 Å². The van der Waals surface area contributed by atoms with Crippen LogP contribution in [-0.2, 0) is 4.74 Å². The predicted octanol–water partition coefficient (Wildman–Crippen LogP) is 2.03. The summed E-state index contributed by atoms with van der Waals surface area (Å²) in [6.07, 6.45) is 2.34. The molecule has 1 aromatic rings. The van der Waals surface area contributed by atoms with Crippen molar-refractivity contribution in [3.63, 3.8) is 0 Å². The third kappa shape index (κ3) is 5.74. The molecule has 0 aliphatic carbocycles. The number of carbonyl (C=O) groups excluding carboxylic acids is 1. The van der Waals surface area contributed by atoms with Crippen molar-refractivity contribution in [2.75, 3.05) is 20.3 Å². The lowest BCUT2D eigenvalue weighted by Crippen LogP contribution is -2.37. The van der Waals surface area contributed by atoms with Crippen molar-refractivity contribution in [1.29, 1.82) is 0 Å². The summed E-state index contributed by atoms with van der Waals surface area (Å²) in [5, 5.41) is 13.4. The summed E-state index contributed by atoms with van der Waals surface area (Å²) in [5.41, 5.74) is 0.625. The summed E-state index contributed by atoms with van der Waals surface area (Å²) in [5.74, 6) is 5.68. The van der Waals surface area contributed by atoms with Crippen molar-refractivity contribution < 1.29 is 14.6 Å². The minimum absolute atomic E-state index is 0.0429. The molecule has 0 fully saturated rings. The van der Waals surface area contributed by atoms with Crippen LogP contribution in [-0.4, -0.2) is 37.4 Å². The molecule has 0 spiro atoms. The van der Waals surface area contributed by atoms with Gasteiger partial charge in [-0.1, -0.05) is 25.2 Å². The Morgan fingerprint density at radius 3 is 3.05 bits per heavy atom. The minimum atomic E-state index is -0.0908. The van der Waals surface area contributed by atoms with Gasteiger partial charge in [0.25, 0.3) is 5.91 Å². The first-order valence-electron chi connectivity index (χ1n) is 6.69. The number of carbonyl (C=O) groups is 1. The quantitative estimate of drug-likeness (QED) is 0.757. The molecular formula is C15H21NO3S. The van der Waals surface area contributed by atoms with Crippen LogP contribution in [0, 0.1) is 11.8 Å². The van der Waals surface area contributed by atoms with Crippen LogP contribution < -0.4 is 5.32 Å². The molecule has 110 valence electrons. The maximum Gasteiger partial charge on any atom is 0.252 e. The van der Waals surface area contributed by atoms with Gasteiger partial charge in [0, 0.05) is 18.9 Å². The van der Waals surface area contributed by atoms with E-state index in [1.165, 1.54) is 11.3 Å². The molecule has 5 heteroatoms. The smallest absolute Gasteiger partial charge is 0.252 e. The number of thiophene rings is 1. The average Bonchev–Trinajstić information content (AvgIpc) is 2.88. The number of rotatable bonds is 7. The van der Waals surface area contributed by atoms with Gasteiger partial charge in [-0.05, 0) is 12.5 Å². The van der Waals surface area contributed by atoms with Crippen LogP contribution >= 0.6 is 11.3 Å². The molecule has 0 aliphatic rings. The Hall–Kier alpha value is -1.35. The van der Waals surface area contributed by atoms with Crippen LogP contribution in [0.25, 0.3) is 0 Å². The van der Waals surface area contributed by atoms with E-state index < -0.39 is 0 Å². The fraction of sp³-hybridized carbons (Fsp3) is 0.533. The Bertz CT molecular complexity index is 467. The number of aliphatic hydroxyl groups is 1. The summed E-state index contributed by atoms with van der Waals surface area (Å²) >= 11 is 1.43. The number of hydrogen-bond donors (Lipinski definition) is 2. The first-order chi connectivity index (χ1) is 9.71. The maximum atomic E-state index is 12.1. The van der Waals surface area contributed by atoms with Crippen LogP contribution in [0.1, 0.15) is 41.4 Å². The summed E-state index contributed by atoms with van der Waals surface area (Å²) in [6, 6.07) is 1.82. The highest BCUT2D eigenvalue weighted by Crippen LogP contribution is 2.14. The first kappa shape index (κ1) is 16.7. The van der Waals surface area contributed by atoms with Crippen molar-refractivity contribution in [2.45, 2.75) is 32.2 Å². The molecule has 0 aliphatic heterocycles. The lowest BCUT2D eigenvalue weighted by Gasteiger charge is -2.16. The highest BCUT2D eigenvalue weighted by Gasteiger charge is 2.14. The number of ether oxygens (including phenoxy) is 1. The highest BCUT2D eigenvalue weighted by atomic mass is 32.1. The van der Waals surface area contributed by atoms with E-state index in [4.69, 9.17) is 9.84 Å². The van der Waals surface area contributed by atoms with Crippen molar-refractivity contribution in [3.05, 3.63) is 21.9 Å². The standard InChI is InChI=1S/C15H21NO3S/c1-3-6-13(10-19-2)16-15(18)12-9-14(20-11-12)7-4-5-8-17/h9,11,13,17H,3,5-6,8,10H2,1-2H3,(H,16,18). The van der Waals surface area contributed by atoms with E-state index in [-0.39, 0.29) is 18.6 Å². The molecule has 1 aromatic heterocycles. The van der Waals surface area contributed by atoms with Gasteiger partial charge >= 0.3 is 0 Å². The summed E-state index contributed by atoms with van der Waals surface area (Å²) < 4.78 is 5.11. The molecule has 1 unspecified atom stereocenters. The van der Waals surface area contributed by atoms with Crippen LogP contribution in [0.2, 0.25) is 0 Å². The number of nitrogens with one attached hydrogen (secondary N) is 1. The van der Waals surface area contributed by atoms with E-state index >= 15 is 0 Å². The van der Waals surface area contributed by atoms with Gasteiger partial charge in [-0.25, -0.2) is 0 Å². The molecule has 0 aromatic carbocycles. The second-order valence-corrected chi connectivity index (χ2v) is 5.30. The van der Waals surface area contributed by atoms with E-state index in [1.54, 1.807) is 18.6 Å². The molecule has 20 heavy (non-hydrogen) atoms. The molecule has 1 atom stereocenters. The lowest BCUT2D eigenvalue weighted by molar-refractivity contribution is 0.0892. The Labute approximate surface area is 124 Å². The molecule has 2 N–H and O–H groups in total. The molecule has 0 saturated heterocycles. The molecular weight excluding hydrogens is 274 g/mol. The van der Waals surface area contributed by atoms with Gasteiger partial charge in [-0.15, -0.1) is 11.3 Å². The van der Waals surface area contributed by atoms with Gasteiger partial charge in [-0.3, -0.25) is 4.79 Å². The van der Waals surface area contributed by atoms with E-state index in [2.05, 4.69) is 24.1 Å². The fourth-order valence-corrected chi connectivity index (χ4v) is 2.50. The molecule has 1 rings (SSSR count). The summed E-state index contributed by atoms with van der Waals surface area (Å²) in [7, 11) is 1.63. The highest BCUT2D eigenvalue weighted by molar-refractivity contribution is 7.10. The predicted molar refractivity (Wildman–Crippen MR) is 80.9 cm³/mol. The Morgan fingerprint density at radius 2 is 2.40 bits per heavy atom. The van der Waals surface area contributed by atoms with Crippen molar-refractivity contribution >= 4 is 17.2 Å². The zero-order valence-corrected chi connectivity index (χ0v) is 12.8. The maximum absolute atomic E-state index is 12.1. The number of hydrogen-bond acceptors (Lipinski definition) is 4. The first-order valence-corrected chi connectivity index (χ1v) is 7.57. The third-order valence-electron chi connectivity index (χ3n) is 2.65. The minimum Gasteiger partial charge on any atom is -0.395 e. The van der Waals surface area contributed by atoms with Crippen LogP contribution in [0.5, 0.6) is 0 Å². The van der Waals surface area contributed by atoms with Gasteiger partial charge in [0.1, 0.15) is 0 Å². The fourth-order valence-electron chi connectivity index (χ4n) is 1.74. The topological polar surface area (TPSA) is 58.6 Å². The van der Waals surface area contributed by atoms with Gasteiger partial charge in [0.2, 0.25) is 0 Å². The van der Waals surface area contributed by atoms with Gasteiger partial charge in [-0.2, -0.15) is 0 Å². The van der Waals surface area contributed by atoms with Crippen molar-refractivity contribution in [2.24, 2.45) is 0 Å². The van der Waals surface area contributed by atoms with E-state index in [0.29, 0.717) is 18.6 Å². The van der Waals surface area contributed by atoms with E-state index in [0.717, 1.165) is 17.7 Å². The average molecular weight is 295 g/mol. The Kier molecular flexibility index (Phi) is 7.97. The zero-order chi connectivity index (χ0) is 14.8. The third-order valence-corrected chi connectivity index (χ3v) is 3.50. The molecule has 4 nitrogen and oxygen atoms in total. The SMILES string of the molecule is CCCC(COC)NC(=O)c1csc(C#CCCO)c1. The molecule has 0 saturated carbocycles. The molecule has 0 radical (unpaired) electrons. The summed E-state index contributed by atoms with van der Waals surface area (Å²) in [6.45, 7) is 2.66. The van der Waals surface area contributed by atoms with Crippen molar-refractivity contribution in [3.8, 4) is 11.8 Å². The Balaban J connectivity index is 2.61. The molecule has 0 bridgehead atoms. The van der Waals surface area contributed by atoms with E-state index in [1.807, 2.05) is 0 Å². The molecule has 1 amide bonds. The van der Waals surface area contributed by atoms with Gasteiger partial charge in [0.15, 0.2) is 0 Å². The molecule has 1 heterocycles. The Morgan fingerprint density at radius 1 is 1.60 bits per heavy atom. The zero-order valence-electron chi connectivity index (χ0n) is 11.9. The lowest BCUT2D eigenvalue weighted by atomic mass is 10.1. The number of amides is 1. The largest absolute Gasteiger partial charge is 0.395 e. The van der Waals surface area contributed by atoms with Crippen LogP contribution in [0.15, 0.2) is 11.4 Å². The summed E-state index contributed by atoms with van der Waals surface area (Å²) in [4.78, 5) is 12.9. The van der Waals surface area contributed by atoms with Crippen LogP contribution in [0.4, 0.5) is 0 Å². The monoisotopic (exact) mass is 295 g/mol. The van der Waals surface area contributed by atoms with Gasteiger partial charge in [0.05, 0.1) is 29.7 Å². The second kappa shape index (κ2) is 9.54.